The molecule has 84 valence electrons. The second-order valence-corrected chi connectivity index (χ2v) is 3.90. The van der Waals surface area contributed by atoms with Crippen molar-refractivity contribution in [2.75, 3.05) is 11.9 Å². The molecule has 1 N–H and O–H groups in total. The lowest BCUT2D eigenvalue weighted by Crippen LogP contribution is -2.29. The second-order valence-electron chi connectivity index (χ2n) is 3.90. The van der Waals surface area contributed by atoms with Gasteiger partial charge in [-0.1, -0.05) is 0 Å². The Morgan fingerprint density at radius 2 is 2.25 bits per heavy atom. The lowest BCUT2D eigenvalue weighted by molar-refractivity contribution is -0.139. The topological polar surface area (TPSA) is 70.5 Å². The molecule has 0 radical (unpaired) electrons. The number of amides is 1. The maximum absolute atomic E-state index is 11.9. The van der Waals surface area contributed by atoms with Crippen molar-refractivity contribution in [2.45, 2.75) is 6.42 Å². The number of aliphatic carboxylic acids is 1. The molecule has 5 nitrogen and oxygen atoms in total. The summed E-state index contributed by atoms with van der Waals surface area (Å²) in [6, 6.07) is 3.50. The van der Waals surface area contributed by atoms with E-state index in [2.05, 4.69) is 4.98 Å². The Morgan fingerprint density at radius 1 is 1.50 bits per heavy atom. The van der Waals surface area contributed by atoms with Gasteiger partial charge in [0.05, 0.1) is 23.7 Å². The van der Waals surface area contributed by atoms with Gasteiger partial charge >= 0.3 is 5.97 Å². The van der Waals surface area contributed by atoms with Crippen LogP contribution in [-0.2, 0) is 9.59 Å². The number of aromatic nitrogens is 1. The van der Waals surface area contributed by atoms with Gasteiger partial charge in [-0.2, -0.15) is 0 Å². The SMILES string of the molecule is CN(C(=O)C1CC1C(=O)O)c1cccnc1. The van der Waals surface area contributed by atoms with Crippen LogP contribution in [0, 0.1) is 11.8 Å². The van der Waals surface area contributed by atoms with Gasteiger partial charge in [-0.25, -0.2) is 0 Å². The molecule has 1 fully saturated rings. The lowest BCUT2D eigenvalue weighted by Gasteiger charge is -2.16. The first kappa shape index (κ1) is 10.6. The first-order chi connectivity index (χ1) is 7.61. The second kappa shape index (κ2) is 3.92. The average molecular weight is 220 g/mol. The molecule has 16 heavy (non-hydrogen) atoms. The van der Waals surface area contributed by atoms with Crippen molar-refractivity contribution in [3.05, 3.63) is 24.5 Å². The summed E-state index contributed by atoms with van der Waals surface area (Å²) < 4.78 is 0. The highest BCUT2D eigenvalue weighted by molar-refractivity contribution is 5.99. The van der Waals surface area contributed by atoms with Crippen LogP contribution in [0.15, 0.2) is 24.5 Å². The lowest BCUT2D eigenvalue weighted by atomic mass is 10.2. The third-order valence-electron chi connectivity index (χ3n) is 2.79. The third kappa shape index (κ3) is 1.88. The van der Waals surface area contributed by atoms with Crippen LogP contribution >= 0.6 is 0 Å². The molecule has 2 rings (SSSR count). The number of carbonyl (C=O) groups excluding carboxylic acids is 1. The molecule has 1 aliphatic rings. The maximum Gasteiger partial charge on any atom is 0.307 e. The molecular formula is C11H12N2O3. The van der Waals surface area contributed by atoms with Crippen molar-refractivity contribution in [1.29, 1.82) is 0 Å². The van der Waals surface area contributed by atoms with Gasteiger partial charge < -0.3 is 10.0 Å². The first-order valence-electron chi connectivity index (χ1n) is 5.01. The molecule has 1 aliphatic carbocycles. The molecule has 0 aliphatic heterocycles. The van der Waals surface area contributed by atoms with E-state index in [1.165, 1.54) is 4.90 Å². The van der Waals surface area contributed by atoms with E-state index in [-0.39, 0.29) is 11.8 Å². The monoisotopic (exact) mass is 220 g/mol. The predicted octanol–water partition coefficient (Wildman–Crippen LogP) is 0.765. The van der Waals surface area contributed by atoms with Gasteiger partial charge in [-0.15, -0.1) is 0 Å². The van der Waals surface area contributed by atoms with E-state index in [9.17, 15) is 9.59 Å². The summed E-state index contributed by atoms with van der Waals surface area (Å²) in [5.74, 6) is -1.92. The van der Waals surface area contributed by atoms with Crippen molar-refractivity contribution < 1.29 is 14.7 Å². The number of rotatable bonds is 3. The summed E-state index contributed by atoms with van der Waals surface area (Å²) in [5, 5.41) is 8.74. The van der Waals surface area contributed by atoms with Gasteiger partial charge in [0, 0.05) is 13.2 Å². The quantitative estimate of drug-likeness (QED) is 0.816. The minimum absolute atomic E-state index is 0.152. The molecule has 1 amide bonds. The molecular weight excluding hydrogens is 208 g/mol. The minimum atomic E-state index is -0.891. The van der Waals surface area contributed by atoms with Crippen LogP contribution in [0.25, 0.3) is 0 Å². The van der Waals surface area contributed by atoms with Crippen LogP contribution in [-0.4, -0.2) is 29.0 Å². The van der Waals surface area contributed by atoms with Gasteiger partial charge in [0.1, 0.15) is 0 Å². The van der Waals surface area contributed by atoms with Gasteiger partial charge in [0.2, 0.25) is 5.91 Å². The Labute approximate surface area is 92.7 Å². The highest BCUT2D eigenvalue weighted by Gasteiger charge is 2.49. The maximum atomic E-state index is 11.9. The van der Waals surface area contributed by atoms with E-state index >= 15 is 0 Å². The Morgan fingerprint density at radius 3 is 2.75 bits per heavy atom. The zero-order valence-electron chi connectivity index (χ0n) is 8.83. The fourth-order valence-electron chi connectivity index (χ4n) is 1.67. The Hall–Kier alpha value is -1.91. The molecule has 1 heterocycles. The minimum Gasteiger partial charge on any atom is -0.481 e. The summed E-state index contributed by atoms with van der Waals surface area (Å²) in [6.07, 6.45) is 3.65. The number of carboxylic acids is 1. The van der Waals surface area contributed by atoms with Crippen molar-refractivity contribution in [2.24, 2.45) is 11.8 Å². The predicted molar refractivity (Wildman–Crippen MR) is 56.9 cm³/mol. The largest absolute Gasteiger partial charge is 0.481 e. The van der Waals surface area contributed by atoms with Gasteiger partial charge in [0.15, 0.2) is 0 Å². The van der Waals surface area contributed by atoms with E-state index in [1.807, 2.05) is 0 Å². The van der Waals surface area contributed by atoms with Crippen LogP contribution in [0.4, 0.5) is 5.69 Å². The Kier molecular flexibility index (Phi) is 2.60. The van der Waals surface area contributed by atoms with Gasteiger partial charge in [0.25, 0.3) is 0 Å². The number of hydrogen-bond donors (Lipinski definition) is 1. The van der Waals surface area contributed by atoms with Crippen LogP contribution in [0.5, 0.6) is 0 Å². The highest BCUT2D eigenvalue weighted by atomic mass is 16.4. The van der Waals surface area contributed by atoms with E-state index in [0.717, 1.165) is 0 Å². The van der Waals surface area contributed by atoms with Crippen LogP contribution in [0.1, 0.15) is 6.42 Å². The summed E-state index contributed by atoms with van der Waals surface area (Å²) in [7, 11) is 1.64. The van der Waals surface area contributed by atoms with E-state index in [4.69, 9.17) is 5.11 Å². The summed E-state index contributed by atoms with van der Waals surface area (Å²) in [6.45, 7) is 0. The number of nitrogens with zero attached hydrogens (tertiary/aromatic N) is 2. The van der Waals surface area contributed by atoms with Crippen molar-refractivity contribution in [3.63, 3.8) is 0 Å². The third-order valence-corrected chi connectivity index (χ3v) is 2.79. The zero-order chi connectivity index (χ0) is 11.7. The van der Waals surface area contributed by atoms with Crippen molar-refractivity contribution in [3.8, 4) is 0 Å². The number of anilines is 1. The molecule has 2 atom stereocenters. The molecule has 2 unspecified atom stereocenters. The number of carbonyl (C=O) groups is 2. The first-order valence-corrected chi connectivity index (χ1v) is 5.01. The summed E-state index contributed by atoms with van der Waals surface area (Å²) >= 11 is 0. The van der Waals surface area contributed by atoms with Crippen molar-refractivity contribution in [1.82, 2.24) is 4.98 Å². The van der Waals surface area contributed by atoms with E-state index < -0.39 is 11.9 Å². The highest BCUT2D eigenvalue weighted by Crippen LogP contribution is 2.40. The van der Waals surface area contributed by atoms with Gasteiger partial charge in [-0.3, -0.25) is 14.6 Å². The fourth-order valence-corrected chi connectivity index (χ4v) is 1.67. The Balaban J connectivity index is 2.04. The molecule has 0 aromatic carbocycles. The number of pyridine rings is 1. The zero-order valence-corrected chi connectivity index (χ0v) is 8.83. The van der Waals surface area contributed by atoms with Crippen LogP contribution in [0.3, 0.4) is 0 Å². The van der Waals surface area contributed by atoms with E-state index in [1.54, 1.807) is 31.6 Å². The molecule has 1 aromatic rings. The standard InChI is InChI=1S/C11H12N2O3/c1-13(7-3-2-4-12-6-7)10(14)8-5-9(8)11(15)16/h2-4,6,8-9H,5H2,1H3,(H,15,16). The number of hydrogen-bond acceptors (Lipinski definition) is 3. The molecule has 0 saturated heterocycles. The smallest absolute Gasteiger partial charge is 0.307 e. The van der Waals surface area contributed by atoms with Gasteiger partial charge in [-0.05, 0) is 18.6 Å². The molecule has 0 bridgehead atoms. The average Bonchev–Trinajstić information content (AvgIpc) is 3.08. The molecule has 1 saturated carbocycles. The normalized spacial score (nSPS) is 22.6. The summed E-state index contributed by atoms with van der Waals surface area (Å²) in [4.78, 5) is 27.9. The summed E-state index contributed by atoms with van der Waals surface area (Å²) in [5.41, 5.74) is 0.684. The van der Waals surface area contributed by atoms with Crippen molar-refractivity contribution >= 4 is 17.6 Å². The number of carboxylic acid groups (broad SMARTS) is 1. The molecule has 1 aromatic heterocycles. The van der Waals surface area contributed by atoms with Crippen LogP contribution in [0.2, 0.25) is 0 Å². The fraction of sp³-hybridized carbons (Fsp3) is 0.364. The molecule has 0 spiro atoms. The van der Waals surface area contributed by atoms with Crippen LogP contribution < -0.4 is 4.90 Å². The van der Waals surface area contributed by atoms with E-state index in [0.29, 0.717) is 12.1 Å². The molecule has 5 heteroatoms. The Bertz CT molecular complexity index is 418.